The average molecular weight is 644 g/mol. The van der Waals surface area contributed by atoms with Gasteiger partial charge in [-0.2, -0.15) is 0 Å². The molecule has 0 fully saturated rings. The fraction of sp³-hybridized carbons (Fsp3) is 0.0638. The quantitative estimate of drug-likeness (QED) is 0.184. The molecule has 1 aromatic heterocycles. The smallest absolute Gasteiger partial charge is 0.0633 e. The van der Waals surface area contributed by atoms with Crippen LogP contribution in [-0.2, 0) is 5.41 Å². The molecule has 9 aromatic rings. The first-order valence-corrected chi connectivity index (χ1v) is 17.8. The van der Waals surface area contributed by atoms with Gasteiger partial charge in [-0.3, -0.25) is 0 Å². The molecule has 0 spiro atoms. The van der Waals surface area contributed by atoms with E-state index >= 15 is 0 Å². The van der Waals surface area contributed by atoms with Gasteiger partial charge in [0.2, 0.25) is 0 Å². The highest BCUT2D eigenvalue weighted by atomic mass is 32.1. The Hall–Kier alpha value is -5.70. The molecule has 0 radical (unpaired) electrons. The lowest BCUT2D eigenvalue weighted by atomic mass is 9.82. The molecule has 0 aliphatic heterocycles. The fourth-order valence-corrected chi connectivity index (χ4v) is 9.40. The van der Waals surface area contributed by atoms with Crippen molar-refractivity contribution in [3.05, 3.63) is 175 Å². The Morgan fingerprint density at radius 3 is 2.02 bits per heavy atom. The lowest BCUT2D eigenvalue weighted by Crippen LogP contribution is -2.17. The molecule has 232 valence electrons. The van der Waals surface area contributed by atoms with Gasteiger partial charge in [-0.15, -0.1) is 11.3 Å². The van der Waals surface area contributed by atoms with E-state index in [1.165, 1.54) is 92.2 Å². The number of hydrogen-bond donors (Lipinski definition) is 0. The molecule has 0 N–H and O–H groups in total. The molecule has 10 rings (SSSR count). The van der Waals surface area contributed by atoms with E-state index in [4.69, 9.17) is 0 Å². The third kappa shape index (κ3) is 4.24. The van der Waals surface area contributed by atoms with Crippen molar-refractivity contribution in [1.29, 1.82) is 0 Å². The molecule has 0 amide bonds. The first kappa shape index (κ1) is 28.3. The van der Waals surface area contributed by atoms with E-state index in [9.17, 15) is 0 Å². The normalized spacial score (nSPS) is 13.3. The number of nitrogens with zero attached hydrogens (tertiary/aromatic N) is 1. The number of fused-ring (bicyclic) bond motifs is 8. The molecular weight excluding hydrogens is 611 g/mol. The van der Waals surface area contributed by atoms with E-state index in [1.54, 1.807) is 0 Å². The second kappa shape index (κ2) is 10.7. The van der Waals surface area contributed by atoms with Gasteiger partial charge in [0.1, 0.15) is 0 Å². The molecule has 1 nitrogen and oxygen atoms in total. The molecule has 2 heteroatoms. The van der Waals surface area contributed by atoms with Crippen molar-refractivity contribution in [2.75, 3.05) is 4.90 Å². The highest BCUT2D eigenvalue weighted by Crippen LogP contribution is 2.54. The summed E-state index contributed by atoms with van der Waals surface area (Å²) < 4.78 is 2.61. The van der Waals surface area contributed by atoms with Crippen molar-refractivity contribution < 1.29 is 0 Å². The van der Waals surface area contributed by atoms with Crippen molar-refractivity contribution in [1.82, 2.24) is 0 Å². The van der Waals surface area contributed by atoms with Gasteiger partial charge in [-0.05, 0) is 80.4 Å². The largest absolute Gasteiger partial charge is 0.309 e. The predicted octanol–water partition coefficient (Wildman–Crippen LogP) is 13.8. The number of hydrogen-bond acceptors (Lipinski definition) is 2. The van der Waals surface area contributed by atoms with Crippen LogP contribution < -0.4 is 4.90 Å². The topological polar surface area (TPSA) is 3.24 Å². The van der Waals surface area contributed by atoms with Crippen molar-refractivity contribution in [3.8, 4) is 22.3 Å². The zero-order valence-electron chi connectivity index (χ0n) is 27.4. The highest BCUT2D eigenvalue weighted by molar-refractivity contribution is 7.26. The number of thiophene rings is 1. The Bertz CT molecular complexity index is 2770. The number of para-hydroxylation sites is 1. The van der Waals surface area contributed by atoms with Gasteiger partial charge in [-0.25, -0.2) is 0 Å². The SMILES string of the molecule is CC1(C)c2ccccc2-c2ccc(N(c3ccccc3-c3ccc4ccccc4c3)c3c4ccccc4cc4sc5ccccc5c34)cc21. The summed E-state index contributed by atoms with van der Waals surface area (Å²) >= 11 is 1.89. The molecule has 1 aliphatic rings. The van der Waals surface area contributed by atoms with Gasteiger partial charge in [0.15, 0.2) is 0 Å². The van der Waals surface area contributed by atoms with Crippen LogP contribution in [0.4, 0.5) is 17.1 Å². The Kier molecular flexibility index (Phi) is 6.16. The van der Waals surface area contributed by atoms with Crippen LogP contribution in [0.3, 0.4) is 0 Å². The summed E-state index contributed by atoms with van der Waals surface area (Å²) in [5.41, 5.74) is 11.3. The van der Waals surface area contributed by atoms with E-state index in [0.29, 0.717) is 0 Å². The van der Waals surface area contributed by atoms with E-state index in [2.05, 4.69) is 183 Å². The summed E-state index contributed by atoms with van der Waals surface area (Å²) in [6, 6.07) is 60.7. The minimum Gasteiger partial charge on any atom is -0.309 e. The maximum Gasteiger partial charge on any atom is 0.0633 e. The van der Waals surface area contributed by atoms with Crippen LogP contribution in [0.25, 0.3) is 64.0 Å². The molecule has 1 aliphatic carbocycles. The van der Waals surface area contributed by atoms with Gasteiger partial charge in [0, 0.05) is 42.2 Å². The highest BCUT2D eigenvalue weighted by Gasteiger charge is 2.36. The molecular formula is C47H33NS. The zero-order valence-corrected chi connectivity index (χ0v) is 28.3. The third-order valence-electron chi connectivity index (χ3n) is 10.6. The van der Waals surface area contributed by atoms with E-state index in [-0.39, 0.29) is 5.41 Å². The molecule has 0 saturated heterocycles. The average Bonchev–Trinajstić information content (AvgIpc) is 3.63. The van der Waals surface area contributed by atoms with Crippen molar-refractivity contribution >= 4 is 70.1 Å². The minimum atomic E-state index is -0.116. The maximum absolute atomic E-state index is 2.56. The van der Waals surface area contributed by atoms with Crippen molar-refractivity contribution in [2.45, 2.75) is 19.3 Å². The number of rotatable bonds is 4. The standard InChI is InChI=1S/C47H33NS/c1-47(2)40-20-10-7-18-37(40)38-26-25-34(29-41(38)47)48(42-21-11-8-16-35(42)33-24-23-30-13-3-4-14-31(30)27-33)46-36-17-6-5-15-32(36)28-44-45(46)39-19-9-12-22-43(39)49-44/h3-29H,1-2H3. The van der Waals surface area contributed by atoms with Crippen LogP contribution >= 0.6 is 11.3 Å². The molecule has 49 heavy (non-hydrogen) atoms. The molecule has 0 atom stereocenters. The Balaban J connectivity index is 1.32. The first-order chi connectivity index (χ1) is 24.1. The monoisotopic (exact) mass is 643 g/mol. The lowest BCUT2D eigenvalue weighted by Gasteiger charge is -2.31. The van der Waals surface area contributed by atoms with E-state index in [0.717, 1.165) is 0 Å². The molecule has 0 unspecified atom stereocenters. The Morgan fingerprint density at radius 2 is 1.14 bits per heavy atom. The first-order valence-electron chi connectivity index (χ1n) is 17.0. The second-order valence-corrected chi connectivity index (χ2v) is 14.8. The van der Waals surface area contributed by atoms with Gasteiger partial charge in [0.25, 0.3) is 0 Å². The minimum absolute atomic E-state index is 0.116. The van der Waals surface area contributed by atoms with Gasteiger partial charge in [0.05, 0.1) is 11.4 Å². The van der Waals surface area contributed by atoms with Gasteiger partial charge in [-0.1, -0.05) is 141 Å². The van der Waals surface area contributed by atoms with Crippen molar-refractivity contribution in [2.24, 2.45) is 0 Å². The van der Waals surface area contributed by atoms with Crippen LogP contribution in [0.1, 0.15) is 25.0 Å². The lowest BCUT2D eigenvalue weighted by molar-refractivity contribution is 0.660. The van der Waals surface area contributed by atoms with Gasteiger partial charge < -0.3 is 4.90 Å². The fourth-order valence-electron chi connectivity index (χ4n) is 8.25. The maximum atomic E-state index is 2.56. The predicted molar refractivity (Wildman–Crippen MR) is 212 cm³/mol. The summed E-state index contributed by atoms with van der Waals surface area (Å²) in [5.74, 6) is 0. The molecule has 0 bridgehead atoms. The van der Waals surface area contributed by atoms with Crippen LogP contribution in [-0.4, -0.2) is 0 Å². The van der Waals surface area contributed by atoms with Crippen LogP contribution in [0, 0.1) is 0 Å². The Labute approximate surface area is 290 Å². The summed E-state index contributed by atoms with van der Waals surface area (Å²) in [5, 5.41) is 7.59. The van der Waals surface area contributed by atoms with Crippen LogP contribution in [0.15, 0.2) is 164 Å². The second-order valence-electron chi connectivity index (χ2n) is 13.7. The Morgan fingerprint density at radius 1 is 0.469 bits per heavy atom. The van der Waals surface area contributed by atoms with Crippen LogP contribution in [0.2, 0.25) is 0 Å². The molecule has 0 saturated carbocycles. The zero-order chi connectivity index (χ0) is 32.7. The summed E-state index contributed by atoms with van der Waals surface area (Å²) in [7, 11) is 0. The number of anilines is 3. The molecule has 8 aromatic carbocycles. The van der Waals surface area contributed by atoms with Crippen LogP contribution in [0.5, 0.6) is 0 Å². The molecule has 1 heterocycles. The van der Waals surface area contributed by atoms with Crippen molar-refractivity contribution in [3.63, 3.8) is 0 Å². The van der Waals surface area contributed by atoms with E-state index < -0.39 is 0 Å². The summed E-state index contributed by atoms with van der Waals surface area (Å²) in [6.07, 6.45) is 0. The third-order valence-corrected chi connectivity index (χ3v) is 11.7. The summed E-state index contributed by atoms with van der Waals surface area (Å²) in [4.78, 5) is 2.56. The summed E-state index contributed by atoms with van der Waals surface area (Å²) in [6.45, 7) is 4.74. The number of benzene rings is 8. The van der Waals surface area contributed by atoms with Gasteiger partial charge >= 0.3 is 0 Å². The van der Waals surface area contributed by atoms with E-state index in [1.807, 2.05) is 11.3 Å².